The number of alkyl halides is 6. The van der Waals surface area contributed by atoms with Crippen LogP contribution in [0.25, 0.3) is 0 Å². The van der Waals surface area contributed by atoms with E-state index in [-0.39, 0.29) is 5.88 Å². The quantitative estimate of drug-likeness (QED) is 0.235. The van der Waals surface area contributed by atoms with Crippen molar-refractivity contribution in [2.24, 2.45) is 0 Å². The first kappa shape index (κ1) is 11.9. The first-order valence-electron chi connectivity index (χ1n) is 2.62. The summed E-state index contributed by atoms with van der Waals surface area (Å²) in [5.41, 5.74) is 0. The molecule has 0 aromatic carbocycles. The van der Waals surface area contributed by atoms with Gasteiger partial charge in [-0.2, -0.15) is 26.8 Å². The van der Waals surface area contributed by atoms with Gasteiger partial charge in [-0.05, 0) is 0 Å². The van der Waals surface area contributed by atoms with Crippen LogP contribution in [0.4, 0.5) is 22.0 Å². The number of halogens is 6. The van der Waals surface area contributed by atoms with Gasteiger partial charge in [0.1, 0.15) is 0 Å². The fraction of sp³-hybridized carbons (Fsp3) is 1.00. The molecule has 0 atom stereocenters. The fourth-order valence-electron chi connectivity index (χ4n) is 0.194. The summed E-state index contributed by atoms with van der Waals surface area (Å²) in [7, 11) is 0. The highest BCUT2D eigenvalue weighted by Crippen LogP contribution is 2.36. The molecule has 74 valence electrons. The zero-order valence-electron chi connectivity index (χ0n) is 5.50. The normalized spacial score (nSPS) is 13.5. The number of hydrogen-bond acceptors (Lipinski definition) is 2. The van der Waals surface area contributed by atoms with Gasteiger partial charge in [-0.1, -0.05) is 0 Å². The summed E-state index contributed by atoms with van der Waals surface area (Å²) in [4.78, 5) is 6.26. The second-order valence-corrected chi connectivity index (χ2v) is 1.99. The topological polar surface area (TPSA) is 18.5 Å². The zero-order chi connectivity index (χ0) is 9.83. The second kappa shape index (κ2) is 4.20. The maximum Gasteiger partial charge on any atom is 0.485 e. The molecule has 0 saturated carbocycles. The molecule has 2 nitrogen and oxygen atoms in total. The standard InChI is InChI=1S/C4H4ClF5O2/c5-1-2-11-12-4(9,10)3(6,7)8/h1-2H2. The van der Waals surface area contributed by atoms with Gasteiger partial charge in [0.2, 0.25) is 0 Å². The Morgan fingerprint density at radius 2 is 1.58 bits per heavy atom. The van der Waals surface area contributed by atoms with Crippen molar-refractivity contribution in [3.05, 3.63) is 0 Å². The van der Waals surface area contributed by atoms with Gasteiger partial charge < -0.3 is 0 Å². The first-order chi connectivity index (χ1) is 5.31. The Labute approximate surface area is 69.1 Å². The molecule has 0 aliphatic rings. The predicted octanol–water partition coefficient (Wildman–Crippen LogP) is 2.33. The molecule has 8 heteroatoms. The third-order valence-corrected chi connectivity index (χ3v) is 0.808. The average molecular weight is 215 g/mol. The van der Waals surface area contributed by atoms with Crippen LogP contribution in [0.5, 0.6) is 0 Å². The van der Waals surface area contributed by atoms with Gasteiger partial charge in [-0.15, -0.1) is 11.6 Å². The lowest BCUT2D eigenvalue weighted by Crippen LogP contribution is -2.39. The molecule has 0 N–H and O–H groups in total. The molecule has 0 fully saturated rings. The number of hydrogen-bond donors (Lipinski definition) is 0. The molecule has 0 amide bonds. The SMILES string of the molecule is FC(F)(F)C(F)(F)OOCCCl. The summed E-state index contributed by atoms with van der Waals surface area (Å²) in [6, 6.07) is 0. The molecule has 0 aromatic heterocycles. The van der Waals surface area contributed by atoms with Crippen molar-refractivity contribution in [1.29, 1.82) is 0 Å². The molecule has 0 spiro atoms. The largest absolute Gasteiger partial charge is 0.485 e. The highest BCUT2D eigenvalue weighted by Gasteiger charge is 2.61. The van der Waals surface area contributed by atoms with Gasteiger partial charge in [-0.3, -0.25) is 0 Å². The summed E-state index contributed by atoms with van der Waals surface area (Å²) in [6.07, 6.45) is -11.1. The molecule has 0 bridgehead atoms. The molecule has 12 heavy (non-hydrogen) atoms. The van der Waals surface area contributed by atoms with E-state index in [0.29, 0.717) is 0 Å². The molecule has 0 aliphatic heterocycles. The molecule has 0 unspecified atom stereocenters. The maximum absolute atomic E-state index is 11.7. The van der Waals surface area contributed by atoms with E-state index < -0.39 is 18.9 Å². The lowest BCUT2D eigenvalue weighted by Gasteiger charge is -2.17. The monoisotopic (exact) mass is 214 g/mol. The summed E-state index contributed by atoms with van der Waals surface area (Å²) in [6.45, 7) is -0.548. The first-order valence-corrected chi connectivity index (χ1v) is 3.16. The van der Waals surface area contributed by atoms with E-state index in [0.717, 1.165) is 0 Å². The van der Waals surface area contributed by atoms with E-state index in [1.54, 1.807) is 0 Å². The summed E-state index contributed by atoms with van der Waals surface area (Å²) >= 11 is 4.91. The molecule has 0 radical (unpaired) electrons. The van der Waals surface area contributed by atoms with Crippen molar-refractivity contribution in [3.63, 3.8) is 0 Å². The maximum atomic E-state index is 11.7. The van der Waals surface area contributed by atoms with E-state index in [9.17, 15) is 22.0 Å². The van der Waals surface area contributed by atoms with Crippen molar-refractivity contribution >= 4 is 11.6 Å². The minimum absolute atomic E-state index is 0.242. The van der Waals surface area contributed by atoms with Crippen LogP contribution in [-0.2, 0) is 9.78 Å². The lowest BCUT2D eigenvalue weighted by molar-refractivity contribution is -0.503. The van der Waals surface area contributed by atoms with Crippen LogP contribution in [0.15, 0.2) is 0 Å². The molecule has 0 aromatic rings. The molecule has 0 rings (SSSR count). The smallest absolute Gasteiger partial charge is 0.229 e. The van der Waals surface area contributed by atoms with E-state index in [1.807, 2.05) is 0 Å². The highest BCUT2D eigenvalue weighted by atomic mass is 35.5. The summed E-state index contributed by atoms with van der Waals surface area (Å²) in [5.74, 6) is -0.242. The zero-order valence-corrected chi connectivity index (χ0v) is 6.25. The van der Waals surface area contributed by atoms with Crippen LogP contribution in [0.3, 0.4) is 0 Å². The van der Waals surface area contributed by atoms with Crippen molar-refractivity contribution in [1.82, 2.24) is 0 Å². The van der Waals surface area contributed by atoms with Crippen LogP contribution in [-0.4, -0.2) is 24.8 Å². The minimum atomic E-state index is -5.78. The molecule has 0 aliphatic carbocycles. The Kier molecular flexibility index (Phi) is 4.15. The summed E-state index contributed by atoms with van der Waals surface area (Å²) in [5, 5.41) is 0. The van der Waals surface area contributed by atoms with Gasteiger partial charge >= 0.3 is 12.3 Å². The Bertz CT molecular complexity index is 136. The Balaban J connectivity index is 3.88. The Morgan fingerprint density at radius 3 is 1.92 bits per heavy atom. The van der Waals surface area contributed by atoms with Crippen molar-refractivity contribution in [3.8, 4) is 0 Å². The lowest BCUT2D eigenvalue weighted by atomic mass is 10.6. The van der Waals surface area contributed by atoms with E-state index in [2.05, 4.69) is 9.78 Å². The van der Waals surface area contributed by atoms with Crippen LogP contribution in [0.2, 0.25) is 0 Å². The van der Waals surface area contributed by atoms with Crippen LogP contribution >= 0.6 is 11.6 Å². The minimum Gasteiger partial charge on any atom is -0.229 e. The van der Waals surface area contributed by atoms with Crippen LogP contribution < -0.4 is 0 Å². The van der Waals surface area contributed by atoms with Crippen molar-refractivity contribution in [2.45, 2.75) is 12.3 Å². The average Bonchev–Trinajstić information content (AvgIpc) is 1.85. The number of rotatable bonds is 4. The fourth-order valence-corrected chi connectivity index (χ4v) is 0.257. The van der Waals surface area contributed by atoms with Crippen LogP contribution in [0.1, 0.15) is 0 Å². The third-order valence-electron chi connectivity index (χ3n) is 0.654. The van der Waals surface area contributed by atoms with Gasteiger partial charge in [-0.25, -0.2) is 4.89 Å². The van der Waals surface area contributed by atoms with Gasteiger partial charge in [0, 0.05) is 5.88 Å². The van der Waals surface area contributed by atoms with Gasteiger partial charge in [0.25, 0.3) is 0 Å². The van der Waals surface area contributed by atoms with Gasteiger partial charge in [0.15, 0.2) is 0 Å². The highest BCUT2D eigenvalue weighted by molar-refractivity contribution is 6.17. The molecule has 0 heterocycles. The summed E-state index contributed by atoms with van der Waals surface area (Å²) < 4.78 is 57.3. The van der Waals surface area contributed by atoms with E-state index >= 15 is 0 Å². The van der Waals surface area contributed by atoms with Crippen molar-refractivity contribution in [2.75, 3.05) is 12.5 Å². The van der Waals surface area contributed by atoms with Gasteiger partial charge in [0.05, 0.1) is 6.61 Å². The van der Waals surface area contributed by atoms with E-state index in [4.69, 9.17) is 11.6 Å². The second-order valence-electron chi connectivity index (χ2n) is 1.61. The molecule has 0 saturated heterocycles. The predicted molar refractivity (Wildman–Crippen MR) is 28.8 cm³/mol. The van der Waals surface area contributed by atoms with E-state index in [1.165, 1.54) is 0 Å². The molecular formula is C4H4ClF5O2. The Hall–Kier alpha value is -0.140. The Morgan fingerprint density at radius 1 is 1.08 bits per heavy atom. The van der Waals surface area contributed by atoms with Crippen molar-refractivity contribution < 1.29 is 31.7 Å². The molecular weight excluding hydrogens is 210 g/mol. The van der Waals surface area contributed by atoms with Crippen LogP contribution in [0, 0.1) is 0 Å². The third kappa shape index (κ3) is 3.51.